The fraction of sp³-hybridized carbons (Fsp3) is 0.375. The van der Waals surface area contributed by atoms with Gasteiger partial charge >= 0.3 is 0 Å². The molecule has 3 aromatic heterocycles. The summed E-state index contributed by atoms with van der Waals surface area (Å²) in [7, 11) is 0. The van der Waals surface area contributed by atoms with Crippen LogP contribution in [-0.4, -0.2) is 30.9 Å². The number of nitrogens with one attached hydrogen (secondary N) is 2. The highest BCUT2D eigenvalue weighted by molar-refractivity contribution is 7.13. The number of carbonyl (C=O) groups is 1. The molecule has 0 aromatic carbocycles. The van der Waals surface area contributed by atoms with Gasteiger partial charge in [-0.2, -0.15) is 10.2 Å². The Morgan fingerprint density at radius 2 is 2.23 bits per heavy atom. The number of rotatable bonds is 6. The Kier molecular flexibility index (Phi) is 4.27. The molecule has 3 heterocycles. The maximum Gasteiger partial charge on any atom is 0.282 e. The fourth-order valence-corrected chi connectivity index (χ4v) is 3.63. The first-order valence-corrected chi connectivity index (χ1v) is 9.04. The predicted octanol–water partition coefficient (Wildman–Crippen LogP) is 3.89. The first kappa shape index (κ1) is 16.8. The molecule has 136 valence electrons. The minimum absolute atomic E-state index is 0.0235. The molecule has 0 aliphatic heterocycles. The summed E-state index contributed by atoms with van der Waals surface area (Å²) in [5.41, 5.74) is 0.682. The Balaban J connectivity index is 1.56. The predicted molar refractivity (Wildman–Crippen MR) is 92.3 cm³/mol. The summed E-state index contributed by atoms with van der Waals surface area (Å²) in [4.78, 5) is 16.7. The molecule has 0 radical (unpaired) electrons. The number of thiazole rings is 1. The second-order valence-corrected chi connectivity index (χ2v) is 7.10. The third kappa shape index (κ3) is 3.12. The van der Waals surface area contributed by atoms with E-state index < -0.39 is 12.3 Å². The number of H-pyrrole nitrogens is 1. The van der Waals surface area contributed by atoms with E-state index in [1.165, 1.54) is 22.2 Å². The number of halogens is 2. The van der Waals surface area contributed by atoms with Gasteiger partial charge in [0.15, 0.2) is 0 Å². The lowest BCUT2D eigenvalue weighted by Crippen LogP contribution is -2.16. The van der Waals surface area contributed by atoms with Gasteiger partial charge in [0, 0.05) is 17.1 Å². The molecular formula is C16H16F2N6OS. The van der Waals surface area contributed by atoms with Crippen LogP contribution in [0.1, 0.15) is 48.4 Å². The molecule has 1 atom stereocenters. The molecule has 1 aliphatic rings. The third-order valence-electron chi connectivity index (χ3n) is 4.46. The summed E-state index contributed by atoms with van der Waals surface area (Å²) in [6, 6.07) is -0.114. The molecular weight excluding hydrogens is 362 g/mol. The molecule has 3 aromatic rings. The molecule has 1 fully saturated rings. The highest BCUT2D eigenvalue weighted by atomic mass is 32.1. The van der Waals surface area contributed by atoms with Crippen LogP contribution in [0.15, 0.2) is 24.0 Å². The Hall–Kier alpha value is -2.62. The molecule has 7 nitrogen and oxygen atoms in total. The van der Waals surface area contributed by atoms with E-state index in [4.69, 9.17) is 0 Å². The third-order valence-corrected chi connectivity index (χ3v) is 5.35. The zero-order valence-corrected chi connectivity index (χ0v) is 14.6. The summed E-state index contributed by atoms with van der Waals surface area (Å²) in [5.74, 6) is -0.177. The van der Waals surface area contributed by atoms with Crippen molar-refractivity contribution >= 4 is 22.9 Å². The molecule has 0 saturated heterocycles. The van der Waals surface area contributed by atoms with E-state index in [2.05, 4.69) is 25.6 Å². The van der Waals surface area contributed by atoms with Crippen LogP contribution in [-0.2, 0) is 0 Å². The van der Waals surface area contributed by atoms with Crippen LogP contribution in [0.3, 0.4) is 0 Å². The fourth-order valence-electron chi connectivity index (χ4n) is 2.85. The molecule has 1 aliphatic carbocycles. The number of aromatic nitrogens is 5. The van der Waals surface area contributed by atoms with Crippen molar-refractivity contribution in [3.8, 4) is 10.6 Å². The first-order chi connectivity index (χ1) is 12.5. The van der Waals surface area contributed by atoms with Crippen molar-refractivity contribution < 1.29 is 13.6 Å². The minimum Gasteiger partial charge on any atom is -0.317 e. The van der Waals surface area contributed by atoms with E-state index in [1.54, 1.807) is 17.8 Å². The Morgan fingerprint density at radius 1 is 1.42 bits per heavy atom. The van der Waals surface area contributed by atoms with Crippen LogP contribution in [0.5, 0.6) is 0 Å². The van der Waals surface area contributed by atoms with Crippen LogP contribution >= 0.6 is 11.3 Å². The number of carbonyl (C=O) groups excluding carboxylic acids is 1. The van der Waals surface area contributed by atoms with Crippen LogP contribution in [0.2, 0.25) is 0 Å². The lowest BCUT2D eigenvalue weighted by atomic mass is 10.2. The second-order valence-electron chi connectivity index (χ2n) is 6.25. The van der Waals surface area contributed by atoms with E-state index in [1.807, 2.05) is 6.92 Å². The molecule has 10 heteroatoms. The van der Waals surface area contributed by atoms with E-state index in [0.29, 0.717) is 10.9 Å². The first-order valence-electron chi connectivity index (χ1n) is 8.16. The van der Waals surface area contributed by atoms with Crippen LogP contribution in [0.25, 0.3) is 10.6 Å². The standard InChI is InChI=1S/C16H16F2N6OS/c1-8(9-2-3-9)24-13(14(17)18)11(6-21-24)22-15(25)12-7-26-16(23-12)10-4-19-20-5-10/h4-9,14H,2-3H2,1H3,(H,19,20)(H,22,25). The molecule has 26 heavy (non-hydrogen) atoms. The van der Waals surface area contributed by atoms with E-state index in [0.717, 1.165) is 18.4 Å². The van der Waals surface area contributed by atoms with Gasteiger partial charge in [-0.1, -0.05) is 0 Å². The maximum atomic E-state index is 13.6. The molecule has 0 spiro atoms. The van der Waals surface area contributed by atoms with Gasteiger partial charge in [-0.05, 0) is 25.7 Å². The lowest BCUT2D eigenvalue weighted by molar-refractivity contribution is 0.102. The normalized spacial score (nSPS) is 15.4. The molecule has 4 rings (SSSR count). The average molecular weight is 378 g/mol. The SMILES string of the molecule is CC(C1CC1)n1ncc(NC(=O)c2csc(-c3cn[nH]c3)n2)c1C(F)F. The maximum absolute atomic E-state index is 13.6. The number of alkyl halides is 2. The van der Waals surface area contributed by atoms with Gasteiger partial charge in [0.05, 0.1) is 24.1 Å². The number of aromatic amines is 1. The lowest BCUT2D eigenvalue weighted by Gasteiger charge is -2.15. The van der Waals surface area contributed by atoms with Crippen LogP contribution in [0.4, 0.5) is 14.5 Å². The molecule has 2 N–H and O–H groups in total. The summed E-state index contributed by atoms with van der Waals surface area (Å²) in [6.07, 6.45) is 3.84. The summed E-state index contributed by atoms with van der Waals surface area (Å²) >= 11 is 1.28. The molecule has 1 saturated carbocycles. The van der Waals surface area contributed by atoms with Crippen molar-refractivity contribution in [2.24, 2.45) is 5.92 Å². The monoisotopic (exact) mass is 378 g/mol. The van der Waals surface area contributed by atoms with Gasteiger partial charge in [-0.25, -0.2) is 13.8 Å². The number of amides is 1. The number of anilines is 1. The van der Waals surface area contributed by atoms with Crippen molar-refractivity contribution in [2.75, 3.05) is 5.32 Å². The van der Waals surface area contributed by atoms with Gasteiger partial charge in [-0.15, -0.1) is 11.3 Å². The Bertz CT molecular complexity index is 915. The van der Waals surface area contributed by atoms with Crippen molar-refractivity contribution in [1.82, 2.24) is 25.0 Å². The Labute approximate surface area is 151 Å². The van der Waals surface area contributed by atoms with Crippen LogP contribution < -0.4 is 5.32 Å². The average Bonchev–Trinajstić information content (AvgIpc) is 3.05. The van der Waals surface area contributed by atoms with Crippen molar-refractivity contribution in [3.63, 3.8) is 0 Å². The summed E-state index contributed by atoms with van der Waals surface area (Å²) < 4.78 is 28.5. The quantitative estimate of drug-likeness (QED) is 0.681. The van der Waals surface area contributed by atoms with Gasteiger partial charge in [0.2, 0.25) is 0 Å². The van der Waals surface area contributed by atoms with E-state index >= 15 is 0 Å². The number of hydrogen-bond donors (Lipinski definition) is 2. The number of nitrogens with zero attached hydrogens (tertiary/aromatic N) is 4. The topological polar surface area (TPSA) is 88.5 Å². The highest BCUT2D eigenvalue weighted by Gasteiger charge is 2.33. The minimum atomic E-state index is -2.73. The van der Waals surface area contributed by atoms with E-state index in [9.17, 15) is 13.6 Å². The van der Waals surface area contributed by atoms with E-state index in [-0.39, 0.29) is 23.1 Å². The van der Waals surface area contributed by atoms with Crippen molar-refractivity contribution in [3.05, 3.63) is 35.4 Å². The van der Waals surface area contributed by atoms with Gasteiger partial charge in [0.25, 0.3) is 12.3 Å². The molecule has 0 bridgehead atoms. The smallest absolute Gasteiger partial charge is 0.282 e. The zero-order chi connectivity index (χ0) is 18.3. The van der Waals surface area contributed by atoms with Crippen molar-refractivity contribution in [1.29, 1.82) is 0 Å². The summed E-state index contributed by atoms with van der Waals surface area (Å²) in [6.45, 7) is 1.87. The van der Waals surface area contributed by atoms with Gasteiger partial charge < -0.3 is 5.32 Å². The van der Waals surface area contributed by atoms with Crippen LogP contribution in [0, 0.1) is 5.92 Å². The zero-order valence-electron chi connectivity index (χ0n) is 13.8. The Morgan fingerprint density at radius 3 is 2.88 bits per heavy atom. The number of hydrogen-bond acceptors (Lipinski definition) is 5. The largest absolute Gasteiger partial charge is 0.317 e. The highest BCUT2D eigenvalue weighted by Crippen LogP contribution is 2.41. The second kappa shape index (κ2) is 6.60. The van der Waals surface area contributed by atoms with Gasteiger partial charge in [0.1, 0.15) is 16.4 Å². The van der Waals surface area contributed by atoms with Crippen molar-refractivity contribution in [2.45, 2.75) is 32.2 Å². The van der Waals surface area contributed by atoms with Gasteiger partial charge in [-0.3, -0.25) is 14.6 Å². The molecule has 1 unspecified atom stereocenters. The molecule has 1 amide bonds. The summed E-state index contributed by atoms with van der Waals surface area (Å²) in [5, 5.41) is 15.3.